The van der Waals surface area contributed by atoms with Gasteiger partial charge >= 0.3 is 0 Å². The van der Waals surface area contributed by atoms with Crippen LogP contribution in [-0.4, -0.2) is 50.3 Å². The van der Waals surface area contributed by atoms with Crippen molar-refractivity contribution >= 4 is 15.7 Å². The van der Waals surface area contributed by atoms with Gasteiger partial charge in [0.25, 0.3) is 0 Å². The Labute approximate surface area is 115 Å². The summed E-state index contributed by atoms with van der Waals surface area (Å²) in [6, 6.07) is 5.25. The van der Waals surface area contributed by atoms with Gasteiger partial charge in [-0.15, -0.1) is 0 Å². The second-order valence-electron chi connectivity index (χ2n) is 5.22. The first-order valence-corrected chi connectivity index (χ1v) is 7.83. The van der Waals surface area contributed by atoms with E-state index in [1.165, 1.54) is 0 Å². The van der Waals surface area contributed by atoms with Crippen molar-refractivity contribution in [2.75, 3.05) is 32.4 Å². The van der Waals surface area contributed by atoms with Gasteiger partial charge in [0.1, 0.15) is 0 Å². The van der Waals surface area contributed by atoms with Gasteiger partial charge in [0.05, 0.1) is 4.90 Å². The van der Waals surface area contributed by atoms with Crippen molar-refractivity contribution in [3.05, 3.63) is 23.8 Å². The first-order chi connectivity index (χ1) is 8.82. The van der Waals surface area contributed by atoms with Crippen LogP contribution >= 0.6 is 0 Å². The predicted octanol–water partition coefficient (Wildman–Crippen LogP) is 0.902. The van der Waals surface area contributed by atoms with E-state index in [9.17, 15) is 8.42 Å². The highest BCUT2D eigenvalue weighted by molar-refractivity contribution is 7.89. The average molecular weight is 283 g/mol. The normalized spacial score (nSPS) is 22.6. The largest absolute Gasteiger partial charge is 0.399 e. The maximum Gasteiger partial charge on any atom is 0.243 e. The van der Waals surface area contributed by atoms with Crippen molar-refractivity contribution in [2.24, 2.45) is 0 Å². The molecule has 2 rings (SSSR count). The number of nitrogen functional groups attached to an aromatic ring is 1. The molecule has 0 radical (unpaired) electrons. The molecule has 0 aliphatic carbocycles. The van der Waals surface area contributed by atoms with Crippen LogP contribution in [-0.2, 0) is 10.0 Å². The molecule has 0 bridgehead atoms. The average Bonchev–Trinajstić information content (AvgIpc) is 2.35. The summed E-state index contributed by atoms with van der Waals surface area (Å²) < 4.78 is 26.9. The molecule has 0 saturated carbocycles. The summed E-state index contributed by atoms with van der Waals surface area (Å²) in [5.41, 5.74) is 6.93. The summed E-state index contributed by atoms with van der Waals surface area (Å²) in [6.45, 7) is 5.63. The van der Waals surface area contributed by atoms with Gasteiger partial charge in [0, 0.05) is 31.4 Å². The minimum Gasteiger partial charge on any atom is -0.399 e. The van der Waals surface area contributed by atoms with E-state index in [0.717, 1.165) is 12.1 Å². The van der Waals surface area contributed by atoms with Gasteiger partial charge in [-0.25, -0.2) is 8.42 Å². The number of likely N-dealkylation sites (N-methyl/N-ethyl adjacent to an activating group) is 1. The monoisotopic (exact) mass is 283 g/mol. The smallest absolute Gasteiger partial charge is 0.243 e. The molecule has 1 aliphatic heterocycles. The van der Waals surface area contributed by atoms with Gasteiger partial charge in [-0.3, -0.25) is 0 Å². The topological polar surface area (TPSA) is 66.6 Å². The Bertz CT molecular complexity index is 571. The molecule has 1 aromatic rings. The Kier molecular flexibility index (Phi) is 3.85. The zero-order chi connectivity index (χ0) is 14.2. The molecule has 1 unspecified atom stereocenters. The third kappa shape index (κ3) is 2.75. The zero-order valence-electron chi connectivity index (χ0n) is 11.6. The van der Waals surface area contributed by atoms with Crippen LogP contribution in [0.3, 0.4) is 0 Å². The highest BCUT2D eigenvalue weighted by Gasteiger charge is 2.31. The molecule has 5 nitrogen and oxygen atoms in total. The lowest BCUT2D eigenvalue weighted by Gasteiger charge is -2.37. The van der Waals surface area contributed by atoms with E-state index in [0.29, 0.717) is 23.7 Å². The molecule has 0 amide bonds. The number of benzene rings is 1. The Morgan fingerprint density at radius 2 is 2.00 bits per heavy atom. The lowest BCUT2D eigenvalue weighted by Crippen LogP contribution is -2.51. The maximum atomic E-state index is 12.7. The molecule has 0 spiro atoms. The Balaban J connectivity index is 2.35. The number of aryl methyl sites for hydroxylation is 1. The lowest BCUT2D eigenvalue weighted by atomic mass is 10.2. The van der Waals surface area contributed by atoms with Gasteiger partial charge in [-0.1, -0.05) is 6.07 Å². The minimum absolute atomic E-state index is 0.227. The van der Waals surface area contributed by atoms with Gasteiger partial charge in [-0.05, 0) is 38.6 Å². The third-order valence-electron chi connectivity index (χ3n) is 3.75. The molecule has 106 valence electrons. The summed E-state index contributed by atoms with van der Waals surface area (Å²) >= 11 is 0. The molecule has 1 aromatic carbocycles. The van der Waals surface area contributed by atoms with Crippen molar-refractivity contribution in [1.82, 2.24) is 9.21 Å². The molecule has 19 heavy (non-hydrogen) atoms. The number of piperazine rings is 1. The van der Waals surface area contributed by atoms with Gasteiger partial charge in [0.15, 0.2) is 0 Å². The predicted molar refractivity (Wildman–Crippen MR) is 76.4 cm³/mol. The van der Waals surface area contributed by atoms with E-state index in [4.69, 9.17) is 5.73 Å². The molecular formula is C13H21N3O2S. The van der Waals surface area contributed by atoms with E-state index >= 15 is 0 Å². The van der Waals surface area contributed by atoms with Crippen LogP contribution in [0.5, 0.6) is 0 Å². The van der Waals surface area contributed by atoms with Crippen LogP contribution in [0.4, 0.5) is 5.69 Å². The second-order valence-corrected chi connectivity index (χ2v) is 7.12. The summed E-state index contributed by atoms with van der Waals surface area (Å²) in [6.07, 6.45) is 0. The van der Waals surface area contributed by atoms with Crippen LogP contribution in [0.2, 0.25) is 0 Å². The number of hydrogen-bond donors (Lipinski definition) is 1. The van der Waals surface area contributed by atoms with Crippen LogP contribution in [0.15, 0.2) is 23.1 Å². The highest BCUT2D eigenvalue weighted by atomic mass is 32.2. The fourth-order valence-electron chi connectivity index (χ4n) is 2.27. The summed E-state index contributed by atoms with van der Waals surface area (Å²) in [4.78, 5) is 2.49. The molecule has 2 N–H and O–H groups in total. The number of sulfonamides is 1. The molecule has 1 aliphatic rings. The van der Waals surface area contributed by atoms with Crippen molar-refractivity contribution in [2.45, 2.75) is 24.8 Å². The SMILES string of the molecule is Cc1ccc(N)cc1S(=O)(=O)N1CCN(C)C(C)C1. The molecule has 1 fully saturated rings. The van der Waals surface area contributed by atoms with E-state index in [1.54, 1.807) is 29.4 Å². The first kappa shape index (κ1) is 14.3. The molecule has 6 heteroatoms. The summed E-state index contributed by atoms with van der Waals surface area (Å²) in [5.74, 6) is 0. The first-order valence-electron chi connectivity index (χ1n) is 6.39. The van der Waals surface area contributed by atoms with Crippen LogP contribution in [0.1, 0.15) is 12.5 Å². The lowest BCUT2D eigenvalue weighted by molar-refractivity contribution is 0.159. The molecular weight excluding hydrogens is 262 g/mol. The van der Waals surface area contributed by atoms with Crippen molar-refractivity contribution in [3.63, 3.8) is 0 Å². The minimum atomic E-state index is -3.44. The fraction of sp³-hybridized carbons (Fsp3) is 0.538. The van der Waals surface area contributed by atoms with Gasteiger partial charge < -0.3 is 10.6 Å². The van der Waals surface area contributed by atoms with Crippen molar-refractivity contribution in [1.29, 1.82) is 0 Å². The molecule has 1 saturated heterocycles. The van der Waals surface area contributed by atoms with E-state index < -0.39 is 10.0 Å². The van der Waals surface area contributed by atoms with E-state index in [-0.39, 0.29) is 6.04 Å². The number of nitrogens with two attached hydrogens (primary N) is 1. The summed E-state index contributed by atoms with van der Waals surface area (Å²) in [5, 5.41) is 0. The van der Waals surface area contributed by atoms with Crippen molar-refractivity contribution in [3.8, 4) is 0 Å². The molecule has 1 atom stereocenters. The highest BCUT2D eigenvalue weighted by Crippen LogP contribution is 2.24. The van der Waals surface area contributed by atoms with Crippen LogP contribution in [0.25, 0.3) is 0 Å². The van der Waals surface area contributed by atoms with Crippen molar-refractivity contribution < 1.29 is 8.42 Å². The van der Waals surface area contributed by atoms with Gasteiger partial charge in [0.2, 0.25) is 10.0 Å². The van der Waals surface area contributed by atoms with Crippen LogP contribution in [0, 0.1) is 6.92 Å². The Hall–Kier alpha value is -1.11. The van der Waals surface area contributed by atoms with Gasteiger partial charge in [-0.2, -0.15) is 4.31 Å². The number of nitrogens with zero attached hydrogens (tertiary/aromatic N) is 2. The zero-order valence-corrected chi connectivity index (χ0v) is 12.4. The molecule has 1 heterocycles. The third-order valence-corrected chi connectivity index (χ3v) is 5.76. The molecule has 0 aromatic heterocycles. The maximum absolute atomic E-state index is 12.7. The quantitative estimate of drug-likeness (QED) is 0.819. The second kappa shape index (κ2) is 5.11. The van der Waals surface area contributed by atoms with E-state index in [1.807, 2.05) is 14.0 Å². The standard InChI is InChI=1S/C13H21N3O2S/c1-10-4-5-12(14)8-13(10)19(17,18)16-7-6-15(3)11(2)9-16/h4-5,8,11H,6-7,9,14H2,1-3H3. The van der Waals surface area contributed by atoms with Crippen LogP contribution < -0.4 is 5.73 Å². The number of hydrogen-bond acceptors (Lipinski definition) is 4. The fourth-order valence-corrected chi connectivity index (χ4v) is 4.04. The Morgan fingerprint density at radius 3 is 2.63 bits per heavy atom. The Morgan fingerprint density at radius 1 is 1.32 bits per heavy atom. The summed E-state index contributed by atoms with van der Waals surface area (Å²) in [7, 11) is -1.43. The number of rotatable bonds is 2. The van der Waals surface area contributed by atoms with E-state index in [2.05, 4.69) is 4.90 Å². The number of anilines is 1.